The third-order valence-electron chi connectivity index (χ3n) is 5.77. The zero-order valence-corrected chi connectivity index (χ0v) is 15.9. The summed E-state index contributed by atoms with van der Waals surface area (Å²) in [6.07, 6.45) is 6.45. The van der Waals surface area contributed by atoms with Crippen LogP contribution in [0.4, 0.5) is 0 Å². The quantitative estimate of drug-likeness (QED) is 0.748. The molecule has 1 fully saturated rings. The molecule has 1 N–H and O–H groups in total. The molecule has 3 aromatic rings. The molecule has 0 radical (unpaired) electrons. The number of hydrogen-bond donors (Lipinski definition) is 1. The summed E-state index contributed by atoms with van der Waals surface area (Å²) in [5.74, 6) is 0.795. The monoisotopic (exact) mass is 363 g/mol. The first-order valence-electron chi connectivity index (χ1n) is 9.49. The van der Waals surface area contributed by atoms with E-state index in [0.29, 0.717) is 12.2 Å². The van der Waals surface area contributed by atoms with Gasteiger partial charge in [0.1, 0.15) is 17.1 Å². The predicted octanol–water partition coefficient (Wildman–Crippen LogP) is 3.89. The standard InChI is InChI=1S/C22H25N3O2/c1-16-20(25-14-6-3-7-19(25)24-16)21(26)23-15-22(12-4-5-13-22)17-8-10-18(27-2)11-9-17/h3,6-11,14H,4-5,12-13,15H2,1-2H3,(H,23,26). The summed E-state index contributed by atoms with van der Waals surface area (Å²) < 4.78 is 7.15. The largest absolute Gasteiger partial charge is 0.497 e. The summed E-state index contributed by atoms with van der Waals surface area (Å²) in [6.45, 7) is 2.52. The fourth-order valence-corrected chi connectivity index (χ4v) is 4.28. The second-order valence-corrected chi connectivity index (χ2v) is 7.37. The number of benzene rings is 1. The highest BCUT2D eigenvalue weighted by atomic mass is 16.5. The first kappa shape index (κ1) is 17.6. The van der Waals surface area contributed by atoms with Crippen LogP contribution in [0.5, 0.6) is 5.75 Å². The highest BCUT2D eigenvalue weighted by Gasteiger charge is 2.36. The Bertz CT molecular complexity index is 953. The van der Waals surface area contributed by atoms with E-state index in [1.807, 2.05) is 47.9 Å². The normalized spacial score (nSPS) is 15.8. The molecule has 1 aliphatic carbocycles. The van der Waals surface area contributed by atoms with Gasteiger partial charge in [-0.15, -0.1) is 0 Å². The van der Waals surface area contributed by atoms with Gasteiger partial charge >= 0.3 is 0 Å². The molecule has 0 spiro atoms. The lowest BCUT2D eigenvalue weighted by molar-refractivity contribution is 0.0936. The van der Waals surface area contributed by atoms with E-state index in [2.05, 4.69) is 22.4 Å². The number of amides is 1. The number of carbonyl (C=O) groups excluding carboxylic acids is 1. The zero-order valence-electron chi connectivity index (χ0n) is 15.9. The molecule has 1 amide bonds. The van der Waals surface area contributed by atoms with Gasteiger partial charge in [0.05, 0.1) is 12.8 Å². The van der Waals surface area contributed by atoms with E-state index in [-0.39, 0.29) is 11.3 Å². The molecular formula is C22H25N3O2. The average molecular weight is 363 g/mol. The molecule has 0 atom stereocenters. The van der Waals surface area contributed by atoms with Crippen molar-refractivity contribution in [2.45, 2.75) is 38.0 Å². The van der Waals surface area contributed by atoms with Crippen molar-refractivity contribution in [3.05, 3.63) is 65.6 Å². The lowest BCUT2D eigenvalue weighted by Gasteiger charge is -2.30. The van der Waals surface area contributed by atoms with Crippen molar-refractivity contribution in [3.63, 3.8) is 0 Å². The van der Waals surface area contributed by atoms with Crippen molar-refractivity contribution < 1.29 is 9.53 Å². The lowest BCUT2D eigenvalue weighted by atomic mass is 9.78. The lowest BCUT2D eigenvalue weighted by Crippen LogP contribution is -2.39. The fraction of sp³-hybridized carbons (Fsp3) is 0.364. The first-order valence-corrected chi connectivity index (χ1v) is 9.49. The number of imidazole rings is 1. The Hall–Kier alpha value is -2.82. The van der Waals surface area contributed by atoms with Crippen LogP contribution in [-0.2, 0) is 5.41 Å². The van der Waals surface area contributed by atoms with E-state index >= 15 is 0 Å². The van der Waals surface area contributed by atoms with Crippen molar-refractivity contribution in [1.82, 2.24) is 14.7 Å². The number of rotatable bonds is 5. The molecule has 5 nitrogen and oxygen atoms in total. The molecular weight excluding hydrogens is 338 g/mol. The number of aromatic nitrogens is 2. The first-order chi connectivity index (χ1) is 13.1. The third-order valence-corrected chi connectivity index (χ3v) is 5.77. The number of hydrogen-bond acceptors (Lipinski definition) is 3. The van der Waals surface area contributed by atoms with Gasteiger partial charge in [-0.05, 0) is 49.6 Å². The van der Waals surface area contributed by atoms with Crippen molar-refractivity contribution in [2.75, 3.05) is 13.7 Å². The molecule has 27 heavy (non-hydrogen) atoms. The summed E-state index contributed by atoms with van der Waals surface area (Å²) in [7, 11) is 1.68. The highest BCUT2D eigenvalue weighted by molar-refractivity contribution is 5.94. The maximum absolute atomic E-state index is 13.0. The molecule has 1 saturated carbocycles. The number of methoxy groups -OCH3 is 1. The third kappa shape index (κ3) is 3.18. The summed E-state index contributed by atoms with van der Waals surface area (Å²) >= 11 is 0. The molecule has 0 bridgehead atoms. The smallest absolute Gasteiger partial charge is 0.270 e. The van der Waals surface area contributed by atoms with Crippen molar-refractivity contribution in [3.8, 4) is 5.75 Å². The van der Waals surface area contributed by atoms with Crippen LogP contribution in [0.3, 0.4) is 0 Å². The summed E-state index contributed by atoms with van der Waals surface area (Å²) in [5.41, 5.74) is 3.44. The number of pyridine rings is 1. The molecule has 0 unspecified atom stereocenters. The van der Waals surface area contributed by atoms with Crippen LogP contribution in [0.1, 0.15) is 47.4 Å². The predicted molar refractivity (Wildman–Crippen MR) is 105 cm³/mol. The van der Waals surface area contributed by atoms with Crippen molar-refractivity contribution >= 4 is 11.6 Å². The summed E-state index contributed by atoms with van der Waals surface area (Å²) in [5, 5.41) is 3.20. The van der Waals surface area contributed by atoms with Gasteiger partial charge in [0.15, 0.2) is 0 Å². The Morgan fingerprint density at radius 1 is 1.19 bits per heavy atom. The average Bonchev–Trinajstić information content (AvgIpc) is 3.30. The molecule has 4 rings (SSSR count). The number of fused-ring (bicyclic) bond motifs is 1. The number of aryl methyl sites for hydroxylation is 1. The minimum atomic E-state index is -0.0639. The topological polar surface area (TPSA) is 55.6 Å². The molecule has 0 saturated heterocycles. The SMILES string of the molecule is COc1ccc(C2(CNC(=O)c3c(C)nc4ccccn34)CCCC2)cc1. The number of carbonyl (C=O) groups is 1. The maximum atomic E-state index is 13.0. The minimum absolute atomic E-state index is 0.00364. The second kappa shape index (κ2) is 7.06. The zero-order chi connectivity index (χ0) is 18.9. The molecule has 5 heteroatoms. The Balaban J connectivity index is 1.57. The number of ether oxygens (including phenoxy) is 1. The van der Waals surface area contributed by atoms with Gasteiger partial charge in [-0.2, -0.15) is 0 Å². The van der Waals surface area contributed by atoms with Crippen LogP contribution in [0, 0.1) is 6.92 Å². The van der Waals surface area contributed by atoms with Crippen LogP contribution >= 0.6 is 0 Å². The van der Waals surface area contributed by atoms with Gasteiger partial charge in [-0.25, -0.2) is 4.98 Å². The summed E-state index contributed by atoms with van der Waals surface area (Å²) in [4.78, 5) is 17.5. The molecule has 1 aliphatic rings. The van der Waals surface area contributed by atoms with Crippen LogP contribution < -0.4 is 10.1 Å². The van der Waals surface area contributed by atoms with Crippen LogP contribution in [0.15, 0.2) is 48.7 Å². The number of nitrogens with zero attached hydrogens (tertiary/aromatic N) is 2. The minimum Gasteiger partial charge on any atom is -0.497 e. The van der Waals surface area contributed by atoms with Crippen LogP contribution in [0.2, 0.25) is 0 Å². The molecule has 2 aromatic heterocycles. The molecule has 1 aromatic carbocycles. The van der Waals surface area contributed by atoms with E-state index in [4.69, 9.17) is 4.74 Å². The van der Waals surface area contributed by atoms with Gasteiger partial charge in [0.2, 0.25) is 0 Å². The fourth-order valence-electron chi connectivity index (χ4n) is 4.28. The van der Waals surface area contributed by atoms with Gasteiger partial charge in [0.25, 0.3) is 5.91 Å². The van der Waals surface area contributed by atoms with Gasteiger partial charge in [-0.1, -0.05) is 31.0 Å². The Kier molecular flexibility index (Phi) is 4.60. The highest BCUT2D eigenvalue weighted by Crippen LogP contribution is 2.41. The maximum Gasteiger partial charge on any atom is 0.270 e. The van der Waals surface area contributed by atoms with Crippen molar-refractivity contribution in [2.24, 2.45) is 0 Å². The van der Waals surface area contributed by atoms with Crippen LogP contribution in [0.25, 0.3) is 5.65 Å². The van der Waals surface area contributed by atoms with Gasteiger partial charge in [0, 0.05) is 18.2 Å². The Morgan fingerprint density at radius 3 is 2.63 bits per heavy atom. The Labute approximate surface area is 159 Å². The molecule has 2 heterocycles. The summed E-state index contributed by atoms with van der Waals surface area (Å²) in [6, 6.07) is 14.0. The van der Waals surface area contributed by atoms with E-state index < -0.39 is 0 Å². The number of nitrogens with one attached hydrogen (secondary N) is 1. The van der Waals surface area contributed by atoms with E-state index in [0.717, 1.165) is 29.9 Å². The second-order valence-electron chi connectivity index (χ2n) is 7.37. The van der Waals surface area contributed by atoms with E-state index in [9.17, 15) is 4.79 Å². The molecule has 0 aliphatic heterocycles. The van der Waals surface area contributed by atoms with Crippen molar-refractivity contribution in [1.29, 1.82) is 0 Å². The van der Waals surface area contributed by atoms with E-state index in [1.165, 1.54) is 18.4 Å². The molecule has 140 valence electrons. The van der Waals surface area contributed by atoms with Gasteiger partial charge < -0.3 is 10.1 Å². The van der Waals surface area contributed by atoms with Gasteiger partial charge in [-0.3, -0.25) is 9.20 Å². The Morgan fingerprint density at radius 2 is 1.93 bits per heavy atom. The van der Waals surface area contributed by atoms with E-state index in [1.54, 1.807) is 7.11 Å². The van der Waals surface area contributed by atoms with Crippen LogP contribution in [-0.4, -0.2) is 28.9 Å².